The first-order chi connectivity index (χ1) is 19.1. The van der Waals surface area contributed by atoms with Gasteiger partial charge in [-0.15, -0.1) is 0 Å². The number of nitrogens with one attached hydrogen (secondary N) is 3. The lowest BCUT2D eigenvalue weighted by molar-refractivity contribution is -0.0330. The third-order valence-corrected chi connectivity index (χ3v) is 7.27. The van der Waals surface area contributed by atoms with E-state index >= 15 is 0 Å². The number of nitrogens with zero attached hydrogens (tertiary/aromatic N) is 5. The van der Waals surface area contributed by atoms with Gasteiger partial charge in [0.1, 0.15) is 16.9 Å². The minimum absolute atomic E-state index is 0.0495. The Balaban J connectivity index is 1.43. The van der Waals surface area contributed by atoms with Gasteiger partial charge in [0, 0.05) is 56.7 Å². The highest BCUT2D eigenvalue weighted by molar-refractivity contribution is 8.00. The van der Waals surface area contributed by atoms with Gasteiger partial charge in [0.2, 0.25) is 0 Å². The first-order valence-electron chi connectivity index (χ1n) is 12.4. The summed E-state index contributed by atoms with van der Waals surface area (Å²) in [4.78, 5) is 22.7. The molecule has 1 aliphatic rings. The SMILES string of the molecule is CNC(=O)c1cc(NCC#Cc2nc3c(N[C@@H]4CCN(C)C[C@@H]4F)cccn3c2SC(F)(F)F)c2nccn2c1. The van der Waals surface area contributed by atoms with Crippen molar-refractivity contribution in [1.29, 1.82) is 0 Å². The summed E-state index contributed by atoms with van der Waals surface area (Å²) in [6, 6.07) is 4.40. The number of carbonyl (C=O) groups excluding carboxylic acids is 1. The second-order valence-corrected chi connectivity index (χ2v) is 10.3. The first kappa shape index (κ1) is 27.6. The van der Waals surface area contributed by atoms with Crippen molar-refractivity contribution in [2.45, 2.75) is 29.2 Å². The molecule has 4 aromatic rings. The molecular formula is C26H26F4N8OS. The van der Waals surface area contributed by atoms with Crippen molar-refractivity contribution in [2.24, 2.45) is 0 Å². The van der Waals surface area contributed by atoms with Crippen molar-refractivity contribution in [3.8, 4) is 11.8 Å². The number of anilines is 2. The van der Waals surface area contributed by atoms with Crippen molar-refractivity contribution in [1.82, 2.24) is 29.0 Å². The second kappa shape index (κ2) is 11.3. The average Bonchev–Trinajstić information content (AvgIpc) is 3.52. The maximum absolute atomic E-state index is 14.7. The number of carbonyl (C=O) groups is 1. The van der Waals surface area contributed by atoms with E-state index in [1.54, 1.807) is 41.2 Å². The molecule has 1 fully saturated rings. The van der Waals surface area contributed by atoms with Crippen molar-refractivity contribution in [3.05, 3.63) is 54.2 Å². The summed E-state index contributed by atoms with van der Waals surface area (Å²) in [6.45, 7) is 1.02. The van der Waals surface area contributed by atoms with Crippen LogP contribution >= 0.6 is 11.8 Å². The van der Waals surface area contributed by atoms with Crippen molar-refractivity contribution in [3.63, 3.8) is 0 Å². The molecule has 210 valence electrons. The molecule has 1 saturated heterocycles. The Morgan fingerprint density at radius 3 is 2.83 bits per heavy atom. The molecule has 40 heavy (non-hydrogen) atoms. The predicted octanol–water partition coefficient (Wildman–Crippen LogP) is 3.87. The lowest BCUT2D eigenvalue weighted by Gasteiger charge is -2.33. The van der Waals surface area contributed by atoms with E-state index < -0.39 is 17.7 Å². The number of hydrogen-bond donors (Lipinski definition) is 3. The highest BCUT2D eigenvalue weighted by Gasteiger charge is 2.33. The fraction of sp³-hybridized carbons (Fsp3) is 0.346. The van der Waals surface area contributed by atoms with Crippen LogP contribution < -0.4 is 16.0 Å². The van der Waals surface area contributed by atoms with Gasteiger partial charge in [-0.2, -0.15) is 13.2 Å². The number of likely N-dealkylation sites (tertiary alicyclic amines) is 1. The number of hydrogen-bond acceptors (Lipinski definition) is 7. The van der Waals surface area contributed by atoms with E-state index in [2.05, 4.69) is 37.8 Å². The molecule has 1 aliphatic heterocycles. The molecule has 0 unspecified atom stereocenters. The van der Waals surface area contributed by atoms with Crippen LogP contribution in [0.4, 0.5) is 28.9 Å². The van der Waals surface area contributed by atoms with Crippen molar-refractivity contribution < 1.29 is 22.4 Å². The maximum Gasteiger partial charge on any atom is 0.447 e. The van der Waals surface area contributed by atoms with Gasteiger partial charge >= 0.3 is 5.51 Å². The Kier molecular flexibility index (Phi) is 7.77. The summed E-state index contributed by atoms with van der Waals surface area (Å²) in [6.07, 6.45) is 5.81. The fourth-order valence-electron chi connectivity index (χ4n) is 4.57. The van der Waals surface area contributed by atoms with Crippen LogP contribution in [-0.4, -0.2) is 81.0 Å². The molecule has 1 amide bonds. The monoisotopic (exact) mass is 574 g/mol. The summed E-state index contributed by atoms with van der Waals surface area (Å²) in [5.41, 5.74) is -2.47. The third-order valence-electron chi connectivity index (χ3n) is 6.45. The standard InChI is InChI=1S/C26H26F4N8OS/c1-31-24(39)16-13-21(22-33-9-12-37(22)14-16)32-8-3-5-20-25(40-26(28,29)30)38-10-4-6-19(23(38)35-20)34-18-7-11-36(2)15-17(18)27/h4,6,9-10,12-14,17-18,32,34H,7-8,11,15H2,1-2H3,(H,31,39)/t17-,18+/m0/s1. The lowest BCUT2D eigenvalue weighted by Crippen LogP contribution is -2.46. The number of fused-ring (bicyclic) bond motifs is 2. The molecule has 5 rings (SSSR count). The molecule has 0 aromatic carbocycles. The summed E-state index contributed by atoms with van der Waals surface area (Å²) in [5.74, 6) is 5.29. The van der Waals surface area contributed by atoms with E-state index in [9.17, 15) is 22.4 Å². The summed E-state index contributed by atoms with van der Waals surface area (Å²) >= 11 is -0.304. The zero-order valence-electron chi connectivity index (χ0n) is 21.6. The highest BCUT2D eigenvalue weighted by Crippen LogP contribution is 2.39. The quantitative estimate of drug-likeness (QED) is 0.183. The molecule has 0 radical (unpaired) electrons. The first-order valence-corrected chi connectivity index (χ1v) is 13.2. The van der Waals surface area contributed by atoms with Gasteiger partial charge in [-0.3, -0.25) is 9.20 Å². The number of pyridine rings is 2. The van der Waals surface area contributed by atoms with Gasteiger partial charge in [-0.25, -0.2) is 14.4 Å². The molecule has 0 bridgehead atoms. The van der Waals surface area contributed by atoms with Crippen LogP contribution in [0.5, 0.6) is 0 Å². The number of imidazole rings is 2. The van der Waals surface area contributed by atoms with Crippen LogP contribution in [0, 0.1) is 11.8 Å². The number of aromatic nitrogens is 4. The topological polar surface area (TPSA) is 91.0 Å². The maximum atomic E-state index is 14.7. The van der Waals surface area contributed by atoms with E-state index in [0.717, 1.165) is 0 Å². The number of thioether (sulfide) groups is 1. The number of amides is 1. The molecule has 2 atom stereocenters. The molecule has 14 heteroatoms. The minimum Gasteiger partial charge on any atom is -0.376 e. The number of halogens is 4. The Bertz CT molecular complexity index is 1610. The third kappa shape index (κ3) is 5.95. The number of alkyl halides is 4. The Hall–Kier alpha value is -3.96. The van der Waals surface area contributed by atoms with Gasteiger partial charge in [0.05, 0.1) is 29.5 Å². The molecule has 4 aromatic heterocycles. The van der Waals surface area contributed by atoms with E-state index in [-0.39, 0.29) is 47.1 Å². The van der Waals surface area contributed by atoms with Crippen LogP contribution in [0.3, 0.4) is 0 Å². The van der Waals surface area contributed by atoms with Gasteiger partial charge in [0.25, 0.3) is 5.91 Å². The van der Waals surface area contributed by atoms with Crippen LogP contribution in [0.2, 0.25) is 0 Å². The smallest absolute Gasteiger partial charge is 0.376 e. The van der Waals surface area contributed by atoms with E-state index in [1.807, 2.05) is 11.9 Å². The van der Waals surface area contributed by atoms with Crippen molar-refractivity contribution in [2.75, 3.05) is 44.4 Å². The van der Waals surface area contributed by atoms with Crippen LogP contribution in [0.1, 0.15) is 22.5 Å². The average molecular weight is 575 g/mol. The Morgan fingerprint density at radius 2 is 2.08 bits per heavy atom. The Morgan fingerprint density at radius 1 is 1.25 bits per heavy atom. The molecule has 0 saturated carbocycles. The fourth-order valence-corrected chi connectivity index (χ4v) is 5.22. The molecule has 9 nitrogen and oxygen atoms in total. The van der Waals surface area contributed by atoms with Gasteiger partial charge < -0.3 is 25.3 Å². The van der Waals surface area contributed by atoms with E-state index in [1.165, 1.54) is 17.6 Å². The highest BCUT2D eigenvalue weighted by atomic mass is 32.2. The number of piperidine rings is 1. The largest absolute Gasteiger partial charge is 0.447 e. The van der Waals surface area contributed by atoms with Gasteiger partial charge in [-0.05, 0) is 37.6 Å². The summed E-state index contributed by atoms with van der Waals surface area (Å²) in [5, 5.41) is 8.60. The van der Waals surface area contributed by atoms with E-state index in [4.69, 9.17) is 0 Å². The molecule has 0 spiro atoms. The van der Waals surface area contributed by atoms with Crippen LogP contribution in [0.15, 0.2) is 48.0 Å². The van der Waals surface area contributed by atoms with Gasteiger partial charge in [0.15, 0.2) is 11.3 Å². The minimum atomic E-state index is -4.57. The second-order valence-electron chi connectivity index (χ2n) is 9.28. The molecule has 0 aliphatic carbocycles. The molecule has 3 N–H and O–H groups in total. The lowest BCUT2D eigenvalue weighted by atomic mass is 10.0. The normalized spacial score (nSPS) is 17.9. The summed E-state index contributed by atoms with van der Waals surface area (Å²) in [7, 11) is 3.37. The number of rotatable bonds is 6. The predicted molar refractivity (Wildman–Crippen MR) is 145 cm³/mol. The van der Waals surface area contributed by atoms with Crippen molar-refractivity contribution >= 4 is 40.3 Å². The summed E-state index contributed by atoms with van der Waals surface area (Å²) < 4.78 is 58.2. The van der Waals surface area contributed by atoms with Crippen LogP contribution in [-0.2, 0) is 0 Å². The zero-order chi connectivity index (χ0) is 28.4. The van der Waals surface area contributed by atoms with E-state index in [0.29, 0.717) is 35.6 Å². The Labute approximate surface area is 231 Å². The molecule has 5 heterocycles. The zero-order valence-corrected chi connectivity index (χ0v) is 22.4. The van der Waals surface area contributed by atoms with Crippen LogP contribution in [0.25, 0.3) is 11.3 Å². The molecular weight excluding hydrogens is 548 g/mol. The van der Waals surface area contributed by atoms with Gasteiger partial charge in [-0.1, -0.05) is 5.92 Å².